The van der Waals surface area contributed by atoms with Crippen molar-refractivity contribution in [1.29, 1.82) is 0 Å². The minimum absolute atomic E-state index is 0.0745. The van der Waals surface area contributed by atoms with Crippen molar-refractivity contribution in [1.82, 2.24) is 4.31 Å². The van der Waals surface area contributed by atoms with Crippen LogP contribution in [-0.2, 0) is 19.6 Å². The lowest BCUT2D eigenvalue weighted by atomic mass is 10.0. The molecule has 1 heterocycles. The molecule has 0 aromatic heterocycles. The van der Waals surface area contributed by atoms with Crippen LogP contribution in [0.3, 0.4) is 0 Å². The molecule has 6 nitrogen and oxygen atoms in total. The quantitative estimate of drug-likeness (QED) is 0.777. The van der Waals surface area contributed by atoms with Crippen LogP contribution >= 0.6 is 11.8 Å². The summed E-state index contributed by atoms with van der Waals surface area (Å²) in [6, 6.07) is 4.92. The Morgan fingerprint density at radius 2 is 1.93 bits per heavy atom. The molecule has 3 rings (SSSR count). The van der Waals surface area contributed by atoms with Crippen LogP contribution in [0.5, 0.6) is 0 Å². The topological polar surface area (TPSA) is 75.7 Å². The fourth-order valence-electron chi connectivity index (χ4n) is 3.44. The summed E-state index contributed by atoms with van der Waals surface area (Å²) >= 11 is 1.71. The summed E-state index contributed by atoms with van der Waals surface area (Å²) < 4.78 is 32.3. The van der Waals surface area contributed by atoms with Crippen LogP contribution < -0.4 is 5.32 Å². The fourth-order valence-corrected chi connectivity index (χ4v) is 6.00. The van der Waals surface area contributed by atoms with Gasteiger partial charge in [-0.2, -0.15) is 4.31 Å². The number of carbonyl (C=O) groups is 1. The van der Waals surface area contributed by atoms with Gasteiger partial charge in [0.1, 0.15) is 0 Å². The van der Waals surface area contributed by atoms with Gasteiger partial charge in [0.25, 0.3) is 0 Å². The number of nitrogens with zero attached hydrogens (tertiary/aromatic N) is 1. The van der Waals surface area contributed by atoms with Crippen LogP contribution in [0.15, 0.2) is 23.1 Å². The Balaban J connectivity index is 1.64. The van der Waals surface area contributed by atoms with E-state index in [4.69, 9.17) is 4.74 Å². The Kier molecular flexibility index (Phi) is 7.19. The minimum Gasteiger partial charge on any atom is -0.379 e. The van der Waals surface area contributed by atoms with Crippen molar-refractivity contribution in [3.05, 3.63) is 23.8 Å². The van der Waals surface area contributed by atoms with E-state index >= 15 is 0 Å². The van der Waals surface area contributed by atoms with Gasteiger partial charge in [-0.1, -0.05) is 25.3 Å². The number of benzene rings is 1. The number of rotatable bonds is 6. The number of anilines is 1. The Hall–Kier alpha value is -1.09. The van der Waals surface area contributed by atoms with Crippen LogP contribution in [0, 0.1) is 6.92 Å². The molecule has 1 N–H and O–H groups in total. The largest absolute Gasteiger partial charge is 0.379 e. The van der Waals surface area contributed by atoms with E-state index in [9.17, 15) is 13.2 Å². The minimum atomic E-state index is -3.57. The highest BCUT2D eigenvalue weighted by Gasteiger charge is 2.27. The molecule has 1 aliphatic carbocycles. The maximum absolute atomic E-state index is 12.8. The van der Waals surface area contributed by atoms with Gasteiger partial charge in [-0.25, -0.2) is 8.42 Å². The summed E-state index contributed by atoms with van der Waals surface area (Å²) in [7, 11) is -3.57. The van der Waals surface area contributed by atoms with E-state index in [1.807, 2.05) is 6.92 Å². The first-order valence-electron chi connectivity index (χ1n) is 9.57. The SMILES string of the molecule is Cc1ccc(S(=O)(=O)N2CCOCC2)cc1NC(=O)CSC1CCCCC1. The van der Waals surface area contributed by atoms with Crippen LogP contribution in [0.1, 0.15) is 37.7 Å². The summed E-state index contributed by atoms with van der Waals surface area (Å²) in [5, 5.41) is 3.47. The number of morpholine rings is 1. The van der Waals surface area contributed by atoms with Crippen molar-refractivity contribution >= 4 is 33.4 Å². The molecule has 1 amide bonds. The number of carbonyl (C=O) groups excluding carboxylic acids is 1. The van der Waals surface area contributed by atoms with Gasteiger partial charge in [0.05, 0.1) is 23.9 Å². The fraction of sp³-hybridized carbons (Fsp3) is 0.632. The zero-order valence-corrected chi connectivity index (χ0v) is 17.4. The van der Waals surface area contributed by atoms with Crippen molar-refractivity contribution in [3.63, 3.8) is 0 Å². The highest BCUT2D eigenvalue weighted by atomic mass is 32.2. The molecule has 2 aliphatic rings. The molecule has 2 fully saturated rings. The summed E-state index contributed by atoms with van der Waals surface area (Å²) in [4.78, 5) is 12.6. The molecule has 0 radical (unpaired) electrons. The lowest BCUT2D eigenvalue weighted by molar-refractivity contribution is -0.113. The van der Waals surface area contributed by atoms with Gasteiger partial charge in [-0.15, -0.1) is 11.8 Å². The van der Waals surface area contributed by atoms with Gasteiger partial charge in [0.2, 0.25) is 15.9 Å². The highest BCUT2D eigenvalue weighted by Crippen LogP contribution is 2.29. The van der Waals surface area contributed by atoms with Crippen molar-refractivity contribution in [2.75, 3.05) is 37.4 Å². The van der Waals surface area contributed by atoms with E-state index in [0.717, 1.165) is 5.56 Å². The Morgan fingerprint density at radius 1 is 1.22 bits per heavy atom. The average molecular weight is 413 g/mol. The van der Waals surface area contributed by atoms with E-state index in [0.29, 0.717) is 43.0 Å². The first kappa shape index (κ1) is 20.6. The highest BCUT2D eigenvalue weighted by molar-refractivity contribution is 8.00. The molecule has 1 aromatic carbocycles. The maximum atomic E-state index is 12.8. The van der Waals surface area contributed by atoms with Gasteiger partial charge in [0, 0.05) is 24.0 Å². The predicted octanol–water partition coefficient (Wildman–Crippen LogP) is 3.02. The maximum Gasteiger partial charge on any atom is 0.243 e. The van der Waals surface area contributed by atoms with Gasteiger partial charge in [-0.05, 0) is 37.5 Å². The van der Waals surface area contributed by atoms with E-state index in [-0.39, 0.29) is 10.8 Å². The molecule has 0 spiro atoms. The Labute approximate surface area is 166 Å². The molecular weight excluding hydrogens is 384 g/mol. The zero-order chi connectivity index (χ0) is 19.3. The number of hydrogen-bond acceptors (Lipinski definition) is 5. The summed E-state index contributed by atoms with van der Waals surface area (Å²) in [6.07, 6.45) is 6.17. The van der Waals surface area contributed by atoms with E-state index in [2.05, 4.69) is 5.32 Å². The normalized spacial score (nSPS) is 19.7. The predicted molar refractivity (Wildman–Crippen MR) is 109 cm³/mol. The number of amides is 1. The summed E-state index contributed by atoms with van der Waals surface area (Å²) in [5.41, 5.74) is 1.42. The molecule has 1 saturated carbocycles. The van der Waals surface area contributed by atoms with Gasteiger partial charge in [0.15, 0.2) is 0 Å². The number of ether oxygens (including phenoxy) is 1. The zero-order valence-electron chi connectivity index (χ0n) is 15.8. The van der Waals surface area contributed by atoms with E-state index < -0.39 is 10.0 Å². The molecule has 1 aromatic rings. The van der Waals surface area contributed by atoms with Crippen LogP contribution in [-0.4, -0.2) is 55.9 Å². The van der Waals surface area contributed by atoms with E-state index in [1.165, 1.54) is 36.4 Å². The standard InChI is InChI=1S/C19H28N2O4S2/c1-15-7-8-17(27(23,24)21-9-11-25-12-10-21)13-18(15)20-19(22)14-26-16-5-3-2-4-6-16/h7-8,13,16H,2-6,9-12,14H2,1H3,(H,20,22). The molecule has 8 heteroatoms. The molecule has 1 saturated heterocycles. The van der Waals surface area contributed by atoms with Crippen molar-refractivity contribution in [3.8, 4) is 0 Å². The van der Waals surface area contributed by atoms with Gasteiger partial charge < -0.3 is 10.1 Å². The van der Waals surface area contributed by atoms with Crippen LogP contribution in [0.25, 0.3) is 0 Å². The van der Waals surface area contributed by atoms with Crippen molar-refractivity contribution in [2.45, 2.75) is 49.2 Å². The van der Waals surface area contributed by atoms with E-state index in [1.54, 1.807) is 30.0 Å². The molecule has 0 unspecified atom stereocenters. The summed E-state index contributed by atoms with van der Waals surface area (Å²) in [6.45, 7) is 3.40. The molecule has 0 atom stereocenters. The number of sulfonamides is 1. The van der Waals surface area contributed by atoms with Crippen molar-refractivity contribution < 1.29 is 17.9 Å². The molecular formula is C19H28N2O4S2. The Bertz CT molecular complexity index is 755. The smallest absolute Gasteiger partial charge is 0.243 e. The number of hydrogen-bond donors (Lipinski definition) is 1. The third-order valence-electron chi connectivity index (χ3n) is 5.09. The number of nitrogens with one attached hydrogen (secondary N) is 1. The molecule has 0 bridgehead atoms. The second kappa shape index (κ2) is 9.41. The second-order valence-electron chi connectivity index (χ2n) is 7.11. The molecule has 27 heavy (non-hydrogen) atoms. The number of thioether (sulfide) groups is 1. The first-order chi connectivity index (χ1) is 13.0. The van der Waals surface area contributed by atoms with Crippen LogP contribution in [0.4, 0.5) is 5.69 Å². The lowest BCUT2D eigenvalue weighted by Crippen LogP contribution is -2.40. The lowest BCUT2D eigenvalue weighted by Gasteiger charge is -2.26. The third-order valence-corrected chi connectivity index (χ3v) is 8.36. The first-order valence-corrected chi connectivity index (χ1v) is 12.1. The van der Waals surface area contributed by atoms with Gasteiger partial charge in [-0.3, -0.25) is 4.79 Å². The van der Waals surface area contributed by atoms with Gasteiger partial charge >= 0.3 is 0 Å². The van der Waals surface area contributed by atoms with Crippen molar-refractivity contribution in [2.24, 2.45) is 0 Å². The monoisotopic (exact) mass is 412 g/mol. The third kappa shape index (κ3) is 5.47. The molecule has 1 aliphatic heterocycles. The molecule has 150 valence electrons. The average Bonchev–Trinajstić information content (AvgIpc) is 2.69. The summed E-state index contributed by atoms with van der Waals surface area (Å²) in [5.74, 6) is 0.333. The Morgan fingerprint density at radius 3 is 2.63 bits per heavy atom. The van der Waals surface area contributed by atoms with Crippen LogP contribution in [0.2, 0.25) is 0 Å². The second-order valence-corrected chi connectivity index (χ2v) is 10.3. The number of aryl methyl sites for hydroxylation is 1.